The maximum atomic E-state index is 12.0. The predicted molar refractivity (Wildman–Crippen MR) is 376 cm³/mol. The normalized spacial score (nSPS) is 15.9. The first kappa shape index (κ1) is 83.1. The summed E-state index contributed by atoms with van der Waals surface area (Å²) in [6, 6.07) is 3.37. The van der Waals surface area contributed by atoms with Crippen LogP contribution in [0.5, 0.6) is 0 Å². The summed E-state index contributed by atoms with van der Waals surface area (Å²) in [7, 11) is 4.34. The van der Waals surface area contributed by atoms with Crippen LogP contribution in [0, 0.1) is 18.8 Å². The number of aromatic amines is 2. The number of alkyl halides is 3. The number of pyridine rings is 1. The summed E-state index contributed by atoms with van der Waals surface area (Å²) in [4.78, 5) is 48.9. The molecular weight excluding hydrogens is 1290 g/mol. The van der Waals surface area contributed by atoms with Gasteiger partial charge in [-0.15, -0.1) is 31.7 Å². The van der Waals surface area contributed by atoms with Gasteiger partial charge in [-0.25, -0.2) is 36.8 Å². The van der Waals surface area contributed by atoms with E-state index in [1.807, 2.05) is 93.4 Å². The fraction of sp³-hybridized carbons (Fsp3) is 0.627. The minimum absolute atomic E-state index is 0.0350. The number of nitrogens with one attached hydrogen (secondary N) is 3. The second-order valence-corrected chi connectivity index (χ2v) is 30.0. The summed E-state index contributed by atoms with van der Waals surface area (Å²) in [5.74, 6) is 7.36. The summed E-state index contributed by atoms with van der Waals surface area (Å²) in [5.41, 5.74) is 9.05. The fourth-order valence-electron chi connectivity index (χ4n) is 9.69. The maximum Gasteiger partial charge on any atom is 0.396 e. The molecule has 8 aromatic rings. The van der Waals surface area contributed by atoms with Crippen molar-refractivity contribution >= 4 is 36.9 Å². The topological polar surface area (TPSA) is 287 Å². The Morgan fingerprint density at radius 2 is 1.30 bits per heavy atom. The number of imidazole rings is 4. The standard InChI is InChI=1S/C10H16N2.C9H15N3O.C8H11F3N2.C7H11N3.C7H9NO.C6H12O2S.C5H9N3.C5H8N2.C5H7NS.C5H10O2S/c1-4-9-7(2)11-10(12(9)3)8-5-6-8;1-4-7-6-11-8(12(7)3)9(13)10-5-2;1-3-6-5-12-7(13(6)2)4-8(9,10)11;1-7(3-4-7)6-9-8-5-10(6)2;1-2-6-3-4-7(9)8-5-6;1-6-2-4-9(7,8)5-3-6;1-3-5-7-6-4-8(5)2;2*1-2-5-3-6-4-7-5;1-5-2-3-8(6,7)4-5/h8H,4-6H2,1-3H3;6H,4-5H2,1-3H3,(H,10,13);5H,3-4H2,1-2H3;5H,3-4H2,1-2H3;3-5H,2H2,1H3,(H,8,9);6H,2-5H2,1H3;4H,3H2,1-2H3;3-4H,2H2,1H3,(H,6,7);3-4H,2H2,1H3;5H,2-4H2,1H3/t;;;;;;;;;5-/m.........1/s1. The van der Waals surface area contributed by atoms with Crippen molar-refractivity contribution < 1.29 is 34.8 Å². The predicted octanol–water partition coefficient (Wildman–Crippen LogP) is 11.1. The lowest BCUT2D eigenvalue weighted by molar-refractivity contribution is -0.128. The molecule has 4 fully saturated rings. The van der Waals surface area contributed by atoms with Gasteiger partial charge in [-0.1, -0.05) is 75.3 Å². The average Bonchev–Trinajstić information content (AvgIpc) is 1.64. The summed E-state index contributed by atoms with van der Waals surface area (Å²) < 4.78 is 88.3. The second-order valence-electron chi connectivity index (χ2n) is 24.5. The molecule has 2 saturated carbocycles. The van der Waals surface area contributed by atoms with Crippen molar-refractivity contribution in [1.29, 1.82) is 0 Å². The largest absolute Gasteiger partial charge is 0.396 e. The van der Waals surface area contributed by atoms with E-state index in [4.69, 9.17) is 0 Å². The zero-order valence-electron chi connectivity index (χ0n) is 59.8. The molecule has 23 nitrogen and oxygen atoms in total. The molecule has 2 saturated heterocycles. The smallest absolute Gasteiger partial charge is 0.350 e. The molecule has 12 rings (SSSR count). The van der Waals surface area contributed by atoms with Crippen molar-refractivity contribution in [1.82, 2.24) is 83.4 Å². The van der Waals surface area contributed by atoms with E-state index in [1.165, 1.54) is 64.2 Å². The number of sulfone groups is 2. The molecule has 0 aromatic carbocycles. The molecule has 96 heavy (non-hydrogen) atoms. The van der Waals surface area contributed by atoms with Crippen LogP contribution in [0.3, 0.4) is 0 Å². The molecule has 0 bridgehead atoms. The quantitative estimate of drug-likeness (QED) is 0.102. The van der Waals surface area contributed by atoms with E-state index < -0.39 is 32.3 Å². The highest BCUT2D eigenvalue weighted by Crippen LogP contribution is 2.46. The van der Waals surface area contributed by atoms with Crippen LogP contribution in [-0.2, 0) is 112 Å². The Morgan fingerprint density at radius 1 is 0.688 bits per heavy atom. The fourth-order valence-corrected chi connectivity index (χ4v) is 13.9. The van der Waals surface area contributed by atoms with Crippen LogP contribution in [0.25, 0.3) is 0 Å². The van der Waals surface area contributed by atoms with E-state index in [1.54, 1.807) is 55.8 Å². The third-order valence-electron chi connectivity index (χ3n) is 16.3. The van der Waals surface area contributed by atoms with Crippen molar-refractivity contribution in [2.24, 2.45) is 47.1 Å². The number of nitrogens with zero attached hydrogens (tertiary/aromatic N) is 14. The van der Waals surface area contributed by atoms with E-state index in [9.17, 15) is 39.6 Å². The number of carbonyl (C=O) groups is 1. The molecule has 0 spiro atoms. The summed E-state index contributed by atoms with van der Waals surface area (Å²) in [6.07, 6.45) is 23.3. The Balaban J connectivity index is 0.000000280. The molecule has 8 aromatic heterocycles. The first-order chi connectivity index (χ1) is 45.3. The van der Waals surface area contributed by atoms with Gasteiger partial charge in [-0.3, -0.25) is 14.6 Å². The van der Waals surface area contributed by atoms with Crippen LogP contribution in [0.2, 0.25) is 0 Å². The Kier molecular flexibility index (Phi) is 35.6. The number of aromatic nitrogens is 16. The van der Waals surface area contributed by atoms with E-state index in [2.05, 4.69) is 121 Å². The van der Waals surface area contributed by atoms with Gasteiger partial charge in [0.25, 0.3) is 5.91 Å². The highest BCUT2D eigenvalue weighted by atomic mass is 32.2. The molecule has 2 aliphatic heterocycles. The van der Waals surface area contributed by atoms with Crippen molar-refractivity contribution in [2.45, 2.75) is 197 Å². The number of thiazole rings is 1. The maximum absolute atomic E-state index is 12.0. The molecule has 1 atom stereocenters. The first-order valence-electron chi connectivity index (χ1n) is 33.3. The second kappa shape index (κ2) is 41.2. The van der Waals surface area contributed by atoms with Crippen LogP contribution in [0.15, 0.2) is 72.4 Å². The lowest BCUT2D eigenvalue weighted by Crippen LogP contribution is -2.25. The van der Waals surface area contributed by atoms with Crippen molar-refractivity contribution in [3.63, 3.8) is 0 Å². The molecule has 10 heterocycles. The minimum atomic E-state index is -4.18. The lowest BCUT2D eigenvalue weighted by Gasteiger charge is -2.16. The van der Waals surface area contributed by atoms with Gasteiger partial charge in [0.05, 0.1) is 40.5 Å². The van der Waals surface area contributed by atoms with Gasteiger partial charge in [0.1, 0.15) is 52.2 Å². The zero-order chi connectivity index (χ0) is 71.8. The van der Waals surface area contributed by atoms with E-state index in [0.717, 1.165) is 92.3 Å². The molecular formula is C67H108F3N17O6S3. The van der Waals surface area contributed by atoms with Gasteiger partial charge < -0.3 is 38.1 Å². The highest BCUT2D eigenvalue weighted by molar-refractivity contribution is 7.91. The average molecular weight is 1400 g/mol. The van der Waals surface area contributed by atoms with E-state index in [-0.39, 0.29) is 17.3 Å². The Hall–Kier alpha value is -7.14. The summed E-state index contributed by atoms with van der Waals surface area (Å²) in [6.45, 7) is 25.4. The number of hydrogen-bond acceptors (Lipinski definition) is 16. The third-order valence-corrected chi connectivity index (χ3v) is 20.9. The molecule has 29 heteroatoms. The summed E-state index contributed by atoms with van der Waals surface area (Å²) >= 11 is 1.71. The molecule has 536 valence electrons. The van der Waals surface area contributed by atoms with Gasteiger partial charge in [-0.05, 0) is 115 Å². The molecule has 0 unspecified atom stereocenters. The Labute approximate surface area is 571 Å². The van der Waals surface area contributed by atoms with E-state index >= 15 is 0 Å². The molecule has 4 aliphatic rings. The molecule has 3 N–H and O–H groups in total. The monoisotopic (exact) mass is 1400 g/mol. The van der Waals surface area contributed by atoms with Crippen LogP contribution in [-0.4, -0.2) is 137 Å². The number of amides is 1. The van der Waals surface area contributed by atoms with Crippen LogP contribution in [0.4, 0.5) is 13.2 Å². The molecule has 1 amide bonds. The van der Waals surface area contributed by atoms with Crippen LogP contribution >= 0.6 is 11.3 Å². The van der Waals surface area contributed by atoms with Crippen molar-refractivity contribution in [3.8, 4) is 0 Å². The number of hydrogen-bond donors (Lipinski definition) is 3. The number of carbonyl (C=O) groups excluding carboxylic acids is 1. The van der Waals surface area contributed by atoms with Crippen molar-refractivity contribution in [2.75, 3.05) is 29.6 Å². The lowest BCUT2D eigenvalue weighted by atomic mass is 10.1. The summed E-state index contributed by atoms with van der Waals surface area (Å²) in [5, 5.41) is 18.2. The number of halogens is 3. The Bertz CT molecular complexity index is 3700. The SMILES string of the molecule is CC1CCS(=O)(=O)CC1.CCNC(=O)c1ncc(CC)n1C.CCc1c(C)nc(C2CC2)n1C.CCc1ccc(=O)[nH]c1.CCc1cnc(CC(F)(F)F)n1C.CCc1cnc[nH]1.CCc1cncs1.CCc1nncn1C.C[C@@H]1CCS(=O)(=O)C1.Cn1cnnc1C1(C)CC1. The van der Waals surface area contributed by atoms with Crippen molar-refractivity contribution in [3.05, 3.63) is 146 Å². The van der Waals surface area contributed by atoms with Gasteiger partial charge in [0.15, 0.2) is 15.7 Å². The third kappa shape index (κ3) is 30.1. The van der Waals surface area contributed by atoms with E-state index in [0.29, 0.717) is 59.1 Å². The van der Waals surface area contributed by atoms with Gasteiger partial charge in [0, 0.05) is 124 Å². The number of H-pyrrole nitrogens is 2. The van der Waals surface area contributed by atoms with Gasteiger partial charge in [0.2, 0.25) is 5.56 Å². The van der Waals surface area contributed by atoms with Crippen LogP contribution < -0.4 is 10.9 Å². The highest BCUT2D eigenvalue weighted by Gasteiger charge is 2.43. The zero-order valence-corrected chi connectivity index (χ0v) is 62.2. The number of aryl methyl sites for hydroxylation is 9. The number of rotatable bonds is 12. The molecule has 2 aliphatic carbocycles. The van der Waals surface area contributed by atoms with Gasteiger partial charge in [-0.2, -0.15) is 13.2 Å². The minimum Gasteiger partial charge on any atom is -0.350 e. The Morgan fingerprint density at radius 3 is 1.66 bits per heavy atom. The van der Waals surface area contributed by atoms with Gasteiger partial charge >= 0.3 is 6.18 Å². The van der Waals surface area contributed by atoms with Crippen LogP contribution in [0.1, 0.15) is 200 Å². The first-order valence-corrected chi connectivity index (χ1v) is 37.8. The molecule has 0 radical (unpaired) electrons.